The van der Waals surface area contributed by atoms with E-state index in [4.69, 9.17) is 10.3 Å². The van der Waals surface area contributed by atoms with Gasteiger partial charge in [-0.3, -0.25) is 18.9 Å². The summed E-state index contributed by atoms with van der Waals surface area (Å²) in [5, 5.41) is 5.80. The lowest BCUT2D eigenvalue weighted by Crippen LogP contribution is -2.47. The number of nitrogens with two attached hydrogens (primary N) is 1. The highest BCUT2D eigenvalue weighted by Gasteiger charge is 2.26. The van der Waals surface area contributed by atoms with Crippen LogP contribution in [0, 0.1) is 6.92 Å². The third kappa shape index (κ3) is 15.3. The fraction of sp³-hybridized carbons (Fsp3) is 0.258. The lowest BCUT2D eigenvalue weighted by atomic mass is 10.00. The molecule has 2 amide bonds. The van der Waals surface area contributed by atoms with Crippen molar-refractivity contribution in [2.45, 2.75) is 33.2 Å². The predicted molar refractivity (Wildman–Crippen MR) is 164 cm³/mol. The molecule has 10 heteroatoms. The zero-order valence-corrected chi connectivity index (χ0v) is 24.6. The summed E-state index contributed by atoms with van der Waals surface area (Å²) in [7, 11) is -3.67. The van der Waals surface area contributed by atoms with Crippen LogP contribution in [0.2, 0.25) is 0 Å². The van der Waals surface area contributed by atoms with Gasteiger partial charge in [-0.15, -0.1) is 0 Å². The summed E-state index contributed by atoms with van der Waals surface area (Å²) in [6, 6.07) is 23.2. The maximum Gasteiger partial charge on any atom is 0.287 e. The highest BCUT2D eigenvalue weighted by Crippen LogP contribution is 2.15. The Kier molecular flexibility index (Phi) is 15.6. The number of benzene rings is 3. The number of Topliss-reactive ketones (excluding diaryl/α,β-unsaturated/α-hetero) is 1. The smallest absolute Gasteiger partial charge is 0.287 e. The van der Waals surface area contributed by atoms with Crippen LogP contribution < -0.4 is 16.4 Å². The van der Waals surface area contributed by atoms with Crippen molar-refractivity contribution in [2.75, 3.05) is 19.3 Å². The summed E-state index contributed by atoms with van der Waals surface area (Å²) in [6.45, 7) is 8.41. The minimum absolute atomic E-state index is 0.176. The molecule has 0 radical (unpaired) electrons. The molecule has 0 heterocycles. The molecule has 3 rings (SSSR count). The van der Waals surface area contributed by atoms with Gasteiger partial charge in [-0.1, -0.05) is 104 Å². The Balaban J connectivity index is 0.000000722. The quantitative estimate of drug-likeness (QED) is 0.162. The van der Waals surface area contributed by atoms with Crippen molar-refractivity contribution in [3.8, 4) is 0 Å². The molecule has 0 aliphatic heterocycles. The number of hydrogen-bond donors (Lipinski definition) is 4. The van der Waals surface area contributed by atoms with Gasteiger partial charge in [-0.2, -0.15) is 8.42 Å². The maximum absolute atomic E-state index is 13.0. The average molecular weight is 582 g/mol. The molecular formula is C31H39N3O6S. The van der Waals surface area contributed by atoms with Crippen molar-refractivity contribution in [2.24, 2.45) is 5.73 Å². The van der Waals surface area contributed by atoms with Gasteiger partial charge < -0.3 is 16.4 Å². The van der Waals surface area contributed by atoms with Crippen molar-refractivity contribution in [1.29, 1.82) is 0 Å². The second-order valence-electron chi connectivity index (χ2n) is 8.97. The minimum Gasteiger partial charge on any atom is -0.363 e. The normalized spacial score (nSPS) is 11.3. The Morgan fingerprint density at radius 3 is 1.93 bits per heavy atom. The summed E-state index contributed by atoms with van der Waals surface area (Å²) >= 11 is 0. The fourth-order valence-corrected chi connectivity index (χ4v) is 3.43. The molecule has 5 N–H and O–H groups in total. The largest absolute Gasteiger partial charge is 0.363 e. The molecule has 3 aromatic rings. The first-order chi connectivity index (χ1) is 19.3. The van der Waals surface area contributed by atoms with Crippen molar-refractivity contribution < 1.29 is 27.4 Å². The third-order valence-corrected chi connectivity index (χ3v) is 5.39. The number of aryl methyl sites for hydroxylation is 1. The first kappa shape index (κ1) is 34.9. The SMILES string of the molecule is CCNCC.CS(=O)(=O)O.Cc1ccc(C=Cc2ccccc2C(=O)NC(Cc2ccccc2)C(=O)C(N)=O)cc1. The number of rotatable bonds is 10. The summed E-state index contributed by atoms with van der Waals surface area (Å²) < 4.78 is 25.9. The minimum atomic E-state index is -3.67. The van der Waals surface area contributed by atoms with E-state index in [2.05, 4.69) is 24.5 Å². The number of carbonyl (C=O) groups excluding carboxylic acids is 3. The van der Waals surface area contributed by atoms with E-state index in [1.54, 1.807) is 12.1 Å². The molecule has 9 nitrogen and oxygen atoms in total. The van der Waals surface area contributed by atoms with Crippen molar-refractivity contribution in [3.05, 3.63) is 107 Å². The number of ketones is 1. The standard InChI is InChI=1S/C26H24N2O3.C4H11N.CH4O3S/c1-18-11-13-19(14-12-18)15-16-21-9-5-6-10-22(21)26(31)28-23(24(29)25(27)30)17-20-7-3-2-4-8-20;1-3-5-4-2;1-5(2,3)4/h2-16,23H,17H2,1H3,(H2,27,30)(H,28,31);5H,3-4H2,1-2H3;1H3,(H,2,3,4). The molecule has 0 spiro atoms. The van der Waals surface area contributed by atoms with Gasteiger partial charge in [0.1, 0.15) is 6.04 Å². The highest BCUT2D eigenvalue weighted by molar-refractivity contribution is 7.85. The molecule has 220 valence electrons. The first-order valence-corrected chi connectivity index (χ1v) is 14.9. The Morgan fingerprint density at radius 1 is 0.878 bits per heavy atom. The van der Waals surface area contributed by atoms with Crippen LogP contribution in [0.25, 0.3) is 12.2 Å². The molecule has 0 bridgehead atoms. The Labute approximate surface area is 242 Å². The molecule has 0 aliphatic carbocycles. The van der Waals surface area contributed by atoms with E-state index >= 15 is 0 Å². The van der Waals surface area contributed by atoms with E-state index in [9.17, 15) is 22.8 Å². The van der Waals surface area contributed by atoms with Crippen LogP contribution in [0.5, 0.6) is 0 Å². The molecule has 0 aromatic heterocycles. The zero-order chi connectivity index (χ0) is 30.8. The highest BCUT2D eigenvalue weighted by atomic mass is 32.2. The summed E-state index contributed by atoms with van der Waals surface area (Å²) in [5.74, 6) is -2.35. The van der Waals surface area contributed by atoms with E-state index in [-0.39, 0.29) is 6.42 Å². The number of nitrogens with one attached hydrogen (secondary N) is 2. The molecule has 41 heavy (non-hydrogen) atoms. The van der Waals surface area contributed by atoms with Crippen molar-refractivity contribution in [1.82, 2.24) is 10.6 Å². The van der Waals surface area contributed by atoms with E-state index in [0.29, 0.717) is 17.4 Å². The van der Waals surface area contributed by atoms with Crippen LogP contribution in [0.1, 0.15) is 46.5 Å². The Morgan fingerprint density at radius 2 is 1.41 bits per heavy atom. The van der Waals surface area contributed by atoms with Crippen LogP contribution in [0.4, 0.5) is 0 Å². The van der Waals surface area contributed by atoms with Crippen LogP contribution >= 0.6 is 0 Å². The molecule has 1 atom stereocenters. The Hall–Kier alpha value is -4.12. The molecule has 0 aliphatic rings. The first-order valence-electron chi connectivity index (χ1n) is 13.0. The van der Waals surface area contributed by atoms with Crippen LogP contribution in [0.3, 0.4) is 0 Å². The monoisotopic (exact) mass is 581 g/mol. The number of carbonyl (C=O) groups is 3. The molecule has 0 saturated heterocycles. The van der Waals surface area contributed by atoms with Gasteiger partial charge in [-0.05, 0) is 42.8 Å². The number of hydrogen-bond acceptors (Lipinski definition) is 6. The topological polar surface area (TPSA) is 156 Å². The van der Waals surface area contributed by atoms with Gasteiger partial charge >= 0.3 is 0 Å². The molecule has 0 fully saturated rings. The number of amides is 2. The second-order valence-corrected chi connectivity index (χ2v) is 10.4. The maximum atomic E-state index is 13.0. The van der Waals surface area contributed by atoms with E-state index < -0.39 is 33.8 Å². The summed E-state index contributed by atoms with van der Waals surface area (Å²) in [5.41, 5.74) is 9.30. The van der Waals surface area contributed by atoms with Gasteiger partial charge in [0.2, 0.25) is 5.78 Å². The zero-order valence-electron chi connectivity index (χ0n) is 23.8. The van der Waals surface area contributed by atoms with Crippen molar-refractivity contribution in [3.63, 3.8) is 0 Å². The van der Waals surface area contributed by atoms with Gasteiger partial charge in [0, 0.05) is 12.0 Å². The Bertz CT molecular complexity index is 1380. The molecular weight excluding hydrogens is 542 g/mol. The van der Waals surface area contributed by atoms with E-state index in [0.717, 1.165) is 24.2 Å². The number of primary amides is 1. The average Bonchev–Trinajstić information content (AvgIpc) is 2.92. The van der Waals surface area contributed by atoms with Gasteiger partial charge in [0.25, 0.3) is 21.9 Å². The molecule has 1 unspecified atom stereocenters. The van der Waals surface area contributed by atoms with Gasteiger partial charge in [0.15, 0.2) is 0 Å². The predicted octanol–water partition coefficient (Wildman–Crippen LogP) is 3.68. The van der Waals surface area contributed by atoms with E-state index in [1.165, 1.54) is 5.56 Å². The van der Waals surface area contributed by atoms with Gasteiger partial charge in [0.05, 0.1) is 6.26 Å². The van der Waals surface area contributed by atoms with E-state index in [1.807, 2.05) is 85.8 Å². The fourth-order valence-electron chi connectivity index (χ4n) is 3.43. The molecule has 0 saturated carbocycles. The van der Waals surface area contributed by atoms with Crippen molar-refractivity contribution >= 4 is 39.9 Å². The third-order valence-electron chi connectivity index (χ3n) is 5.39. The lowest BCUT2D eigenvalue weighted by molar-refractivity contribution is -0.137. The van der Waals surface area contributed by atoms with Crippen LogP contribution in [-0.4, -0.2) is 56.0 Å². The summed E-state index contributed by atoms with van der Waals surface area (Å²) in [4.78, 5) is 36.8. The van der Waals surface area contributed by atoms with Crippen LogP contribution in [-0.2, 0) is 26.1 Å². The van der Waals surface area contributed by atoms with Crippen LogP contribution in [0.15, 0.2) is 78.9 Å². The summed E-state index contributed by atoms with van der Waals surface area (Å²) in [6.07, 6.45) is 4.66. The van der Waals surface area contributed by atoms with Gasteiger partial charge in [-0.25, -0.2) is 0 Å². The second kappa shape index (κ2) is 18.3. The lowest BCUT2D eigenvalue weighted by Gasteiger charge is -2.17. The molecule has 3 aromatic carbocycles.